The number of hydrogen-bond acceptors (Lipinski definition) is 3. The number of nitrogens with zero attached hydrogens (tertiary/aromatic N) is 4. The molecule has 0 N–H and O–H groups in total. The molecule has 0 saturated carbocycles. The molecule has 0 aliphatic rings. The van der Waals surface area contributed by atoms with Gasteiger partial charge in [-0.25, -0.2) is 8.78 Å². The molecule has 1 atom stereocenters. The van der Waals surface area contributed by atoms with Crippen LogP contribution in [0.4, 0.5) is 8.78 Å². The van der Waals surface area contributed by atoms with Crippen LogP contribution >= 0.6 is 11.6 Å². The maximum atomic E-state index is 14.3. The Morgan fingerprint density at radius 1 is 1.00 bits per heavy atom. The van der Waals surface area contributed by atoms with Crippen molar-refractivity contribution in [2.24, 2.45) is 0 Å². The number of aryl methyl sites for hydroxylation is 1. The van der Waals surface area contributed by atoms with Crippen LogP contribution in [0.25, 0.3) is 11.3 Å². The lowest BCUT2D eigenvalue weighted by molar-refractivity contribution is 0.373. The van der Waals surface area contributed by atoms with Crippen LogP contribution in [0.3, 0.4) is 0 Å². The van der Waals surface area contributed by atoms with E-state index in [9.17, 15) is 8.78 Å². The van der Waals surface area contributed by atoms with E-state index in [0.717, 1.165) is 29.1 Å². The van der Waals surface area contributed by atoms with Crippen LogP contribution in [0.2, 0.25) is 5.15 Å². The molecule has 0 aliphatic carbocycles. The average Bonchev–Trinajstić information content (AvgIpc) is 3.36. The largest absolute Gasteiger partial charge is 0.497 e. The van der Waals surface area contributed by atoms with Crippen LogP contribution in [0, 0.1) is 5.82 Å². The third-order valence-electron chi connectivity index (χ3n) is 5.55. The molecule has 0 fully saturated rings. The minimum Gasteiger partial charge on any atom is -0.497 e. The Hall–Kier alpha value is -3.19. The Morgan fingerprint density at radius 3 is 2.42 bits per heavy atom. The summed E-state index contributed by atoms with van der Waals surface area (Å²) >= 11 is 6.24. The van der Waals surface area contributed by atoms with Crippen molar-refractivity contribution >= 4 is 11.6 Å². The molecular weight excluding hydrogens is 446 g/mol. The Labute approximate surface area is 196 Å². The number of methoxy groups -OCH3 is 1. The summed E-state index contributed by atoms with van der Waals surface area (Å²) in [4.78, 5) is 0. The smallest absolute Gasteiger partial charge is 0.151 e. The lowest BCUT2D eigenvalue weighted by atomic mass is 10.0. The van der Waals surface area contributed by atoms with Crippen molar-refractivity contribution in [1.82, 2.24) is 19.6 Å². The normalized spacial score (nSPS) is 12.2. The number of benzene rings is 2. The van der Waals surface area contributed by atoms with E-state index in [1.54, 1.807) is 23.9 Å². The van der Waals surface area contributed by atoms with Gasteiger partial charge in [0.25, 0.3) is 0 Å². The number of alkyl halides is 1. The lowest BCUT2D eigenvalue weighted by Crippen LogP contribution is -2.12. The maximum absolute atomic E-state index is 14.3. The summed E-state index contributed by atoms with van der Waals surface area (Å²) in [5.74, 6) is 0.308. The van der Waals surface area contributed by atoms with Crippen molar-refractivity contribution in [2.75, 3.05) is 7.11 Å². The van der Waals surface area contributed by atoms with E-state index in [1.165, 1.54) is 19.1 Å². The summed E-state index contributed by atoms with van der Waals surface area (Å²) in [6.07, 6.45) is -0.554. The van der Waals surface area contributed by atoms with Gasteiger partial charge in [0.05, 0.1) is 37.3 Å². The van der Waals surface area contributed by atoms with E-state index in [1.807, 2.05) is 41.9 Å². The van der Waals surface area contributed by atoms with Gasteiger partial charge in [-0.1, -0.05) is 30.7 Å². The second-order valence-electron chi connectivity index (χ2n) is 7.84. The standard InChI is InChI=1S/C25H25ClF2N4O/c1-4-19-12-20(31(29-19)14-17-5-8-21(33-3)9-6-17)15-32-24(13-25(26)30-32)22-10-7-18(28)11-23(22)16(2)27/h5-13,16H,4,14-15H2,1-3H3/t16-/m1/s1. The predicted molar refractivity (Wildman–Crippen MR) is 125 cm³/mol. The zero-order chi connectivity index (χ0) is 23.5. The van der Waals surface area contributed by atoms with Crippen molar-refractivity contribution < 1.29 is 13.5 Å². The van der Waals surface area contributed by atoms with Gasteiger partial charge in [0.2, 0.25) is 0 Å². The number of halogens is 3. The summed E-state index contributed by atoms with van der Waals surface area (Å²) in [7, 11) is 1.64. The molecule has 5 nitrogen and oxygen atoms in total. The SMILES string of the molecule is CCc1cc(Cn2nc(Cl)cc2-c2ccc(F)cc2[C@@H](C)F)n(Cc2ccc(OC)cc2)n1. The number of aromatic nitrogens is 4. The second kappa shape index (κ2) is 9.75. The van der Waals surface area contributed by atoms with E-state index in [4.69, 9.17) is 21.4 Å². The Bertz CT molecular complexity index is 1250. The highest BCUT2D eigenvalue weighted by atomic mass is 35.5. The molecule has 0 spiro atoms. The fraction of sp³-hybridized carbons (Fsp3) is 0.280. The van der Waals surface area contributed by atoms with Crippen molar-refractivity contribution in [2.45, 2.75) is 39.5 Å². The average molecular weight is 471 g/mol. The number of ether oxygens (including phenoxy) is 1. The van der Waals surface area contributed by atoms with Gasteiger partial charge in [0.1, 0.15) is 17.7 Å². The van der Waals surface area contributed by atoms with Gasteiger partial charge in [-0.15, -0.1) is 0 Å². The lowest BCUT2D eigenvalue weighted by Gasteiger charge is -2.14. The molecule has 0 unspecified atom stereocenters. The van der Waals surface area contributed by atoms with Gasteiger partial charge in [0.15, 0.2) is 5.15 Å². The second-order valence-corrected chi connectivity index (χ2v) is 8.23. The fourth-order valence-corrected chi connectivity index (χ4v) is 4.02. The Balaban J connectivity index is 1.70. The summed E-state index contributed by atoms with van der Waals surface area (Å²) in [5, 5.41) is 9.43. The van der Waals surface area contributed by atoms with Gasteiger partial charge in [-0.2, -0.15) is 10.2 Å². The molecule has 8 heteroatoms. The summed E-state index contributed by atoms with van der Waals surface area (Å²) < 4.78 is 37.0. The zero-order valence-electron chi connectivity index (χ0n) is 18.7. The first-order valence-corrected chi connectivity index (χ1v) is 11.1. The maximum Gasteiger partial charge on any atom is 0.151 e. The van der Waals surface area contributed by atoms with E-state index in [2.05, 4.69) is 5.10 Å². The van der Waals surface area contributed by atoms with Crippen LogP contribution in [-0.2, 0) is 19.5 Å². The number of rotatable bonds is 8. The molecule has 0 bridgehead atoms. The molecule has 2 aromatic heterocycles. The summed E-state index contributed by atoms with van der Waals surface area (Å²) in [6, 6.07) is 15.6. The third kappa shape index (κ3) is 5.09. The van der Waals surface area contributed by atoms with Crippen LogP contribution in [0.5, 0.6) is 5.75 Å². The molecule has 0 saturated heterocycles. The molecular formula is C25H25ClF2N4O. The first kappa shape index (κ1) is 23.0. The molecule has 172 valence electrons. The van der Waals surface area contributed by atoms with Crippen LogP contribution in [0.1, 0.15) is 42.5 Å². The van der Waals surface area contributed by atoms with Gasteiger partial charge in [-0.05, 0) is 60.9 Å². The molecule has 2 heterocycles. The predicted octanol–water partition coefficient (Wildman–Crippen LogP) is 6.24. The van der Waals surface area contributed by atoms with E-state index >= 15 is 0 Å². The van der Waals surface area contributed by atoms with Gasteiger partial charge < -0.3 is 4.74 Å². The van der Waals surface area contributed by atoms with E-state index in [-0.39, 0.29) is 10.7 Å². The van der Waals surface area contributed by atoms with E-state index in [0.29, 0.717) is 24.3 Å². The van der Waals surface area contributed by atoms with Crippen molar-refractivity contribution in [3.05, 3.63) is 88.1 Å². The molecule has 33 heavy (non-hydrogen) atoms. The van der Waals surface area contributed by atoms with Crippen molar-refractivity contribution in [3.8, 4) is 17.0 Å². The molecule has 2 aromatic carbocycles. The molecule has 0 amide bonds. The van der Waals surface area contributed by atoms with Crippen LogP contribution < -0.4 is 4.74 Å². The van der Waals surface area contributed by atoms with Crippen LogP contribution in [-0.4, -0.2) is 26.7 Å². The fourth-order valence-electron chi connectivity index (χ4n) is 3.83. The van der Waals surface area contributed by atoms with Gasteiger partial charge in [-0.3, -0.25) is 9.36 Å². The first-order valence-electron chi connectivity index (χ1n) is 10.7. The number of hydrogen-bond donors (Lipinski definition) is 0. The summed E-state index contributed by atoms with van der Waals surface area (Å²) in [6.45, 7) is 4.39. The minimum atomic E-state index is -1.34. The Kier molecular flexibility index (Phi) is 6.79. The minimum absolute atomic E-state index is 0.258. The third-order valence-corrected chi connectivity index (χ3v) is 5.73. The summed E-state index contributed by atoms with van der Waals surface area (Å²) in [5.41, 5.74) is 4.40. The molecule has 0 aliphatic heterocycles. The molecule has 4 aromatic rings. The van der Waals surface area contributed by atoms with Crippen molar-refractivity contribution in [3.63, 3.8) is 0 Å². The zero-order valence-corrected chi connectivity index (χ0v) is 19.5. The molecule has 4 rings (SSSR count). The Morgan fingerprint density at radius 2 is 1.76 bits per heavy atom. The highest BCUT2D eigenvalue weighted by Gasteiger charge is 2.19. The van der Waals surface area contributed by atoms with Crippen LogP contribution in [0.15, 0.2) is 54.6 Å². The quantitative estimate of drug-likeness (QED) is 0.306. The monoisotopic (exact) mass is 470 g/mol. The van der Waals surface area contributed by atoms with Gasteiger partial charge >= 0.3 is 0 Å². The highest BCUT2D eigenvalue weighted by molar-refractivity contribution is 6.29. The van der Waals surface area contributed by atoms with Crippen molar-refractivity contribution in [1.29, 1.82) is 0 Å². The van der Waals surface area contributed by atoms with Gasteiger partial charge in [0, 0.05) is 11.6 Å². The molecule has 0 radical (unpaired) electrons. The topological polar surface area (TPSA) is 44.9 Å². The highest BCUT2D eigenvalue weighted by Crippen LogP contribution is 2.32. The van der Waals surface area contributed by atoms with E-state index < -0.39 is 12.0 Å². The first-order chi connectivity index (χ1) is 15.9.